The highest BCUT2D eigenvalue weighted by atomic mass is 16.3. The number of nitrogens with zero attached hydrogens (tertiary/aromatic N) is 1. The maximum atomic E-state index is 12.5. The zero-order chi connectivity index (χ0) is 20.1. The first-order valence-corrected chi connectivity index (χ1v) is 9.94. The van der Waals surface area contributed by atoms with E-state index in [1.807, 2.05) is 18.2 Å². The van der Waals surface area contributed by atoms with Gasteiger partial charge in [0.2, 0.25) is 0 Å². The van der Waals surface area contributed by atoms with E-state index in [9.17, 15) is 9.90 Å². The highest BCUT2D eigenvalue weighted by Gasteiger charge is 2.19. The molecule has 3 N–H and O–H groups in total. The summed E-state index contributed by atoms with van der Waals surface area (Å²) >= 11 is 0. The van der Waals surface area contributed by atoms with E-state index in [0.717, 1.165) is 25.2 Å². The Kier molecular flexibility index (Phi) is 6.37. The second-order valence-corrected chi connectivity index (χ2v) is 8.57. The van der Waals surface area contributed by atoms with Crippen molar-refractivity contribution >= 4 is 11.6 Å². The van der Waals surface area contributed by atoms with Gasteiger partial charge in [0.15, 0.2) is 0 Å². The van der Waals surface area contributed by atoms with Gasteiger partial charge < -0.3 is 15.7 Å². The standard InChI is InChI=1S/C23H31N3O2/c1-23(2,3)25-20-10-6-9-18(13-20)22(28)24-14-21(27)16-26-12-11-17-7-4-5-8-19(17)15-26/h4-10,13,21,25,27H,11-12,14-16H2,1-3H3,(H,24,28). The minimum atomic E-state index is -0.593. The molecule has 1 amide bonds. The van der Waals surface area contributed by atoms with Gasteiger partial charge in [-0.1, -0.05) is 30.3 Å². The molecule has 0 fully saturated rings. The molecule has 1 heterocycles. The minimum absolute atomic E-state index is 0.0711. The predicted octanol–water partition coefficient (Wildman–Crippen LogP) is 3.05. The van der Waals surface area contributed by atoms with Crippen molar-refractivity contribution in [3.05, 3.63) is 65.2 Å². The number of hydrogen-bond acceptors (Lipinski definition) is 4. The largest absolute Gasteiger partial charge is 0.390 e. The molecule has 0 radical (unpaired) electrons. The lowest BCUT2D eigenvalue weighted by Crippen LogP contribution is -2.42. The zero-order valence-corrected chi connectivity index (χ0v) is 17.0. The predicted molar refractivity (Wildman–Crippen MR) is 114 cm³/mol. The van der Waals surface area contributed by atoms with Gasteiger partial charge in [0.25, 0.3) is 5.91 Å². The molecule has 5 heteroatoms. The molecule has 0 saturated carbocycles. The lowest BCUT2D eigenvalue weighted by molar-refractivity contribution is 0.0842. The van der Waals surface area contributed by atoms with Gasteiger partial charge in [0.05, 0.1) is 6.10 Å². The maximum absolute atomic E-state index is 12.5. The summed E-state index contributed by atoms with van der Waals surface area (Å²) in [5.74, 6) is -0.166. The van der Waals surface area contributed by atoms with Crippen LogP contribution < -0.4 is 10.6 Å². The number of anilines is 1. The van der Waals surface area contributed by atoms with E-state index < -0.39 is 6.10 Å². The summed E-state index contributed by atoms with van der Waals surface area (Å²) in [6.45, 7) is 8.82. The molecular weight excluding hydrogens is 350 g/mol. The highest BCUT2D eigenvalue weighted by molar-refractivity contribution is 5.95. The summed E-state index contributed by atoms with van der Waals surface area (Å²) in [5.41, 5.74) is 4.15. The molecule has 1 unspecified atom stereocenters. The van der Waals surface area contributed by atoms with Crippen LogP contribution in [0.15, 0.2) is 48.5 Å². The topological polar surface area (TPSA) is 64.6 Å². The number of aliphatic hydroxyl groups excluding tert-OH is 1. The van der Waals surface area contributed by atoms with Gasteiger partial charge in [0.1, 0.15) is 0 Å². The number of amides is 1. The van der Waals surface area contributed by atoms with Crippen LogP contribution in [0.1, 0.15) is 42.3 Å². The number of nitrogens with one attached hydrogen (secondary N) is 2. The lowest BCUT2D eigenvalue weighted by atomic mass is 10.00. The molecule has 1 aliphatic heterocycles. The van der Waals surface area contributed by atoms with Crippen LogP contribution in [0.4, 0.5) is 5.69 Å². The molecule has 2 aromatic carbocycles. The smallest absolute Gasteiger partial charge is 0.251 e. The number of carbonyl (C=O) groups is 1. The summed E-state index contributed by atoms with van der Waals surface area (Å²) in [4.78, 5) is 14.7. The summed E-state index contributed by atoms with van der Waals surface area (Å²) < 4.78 is 0. The van der Waals surface area contributed by atoms with Crippen LogP contribution in [-0.2, 0) is 13.0 Å². The molecule has 28 heavy (non-hydrogen) atoms. The number of rotatable bonds is 6. The minimum Gasteiger partial charge on any atom is -0.390 e. The van der Waals surface area contributed by atoms with Gasteiger partial charge >= 0.3 is 0 Å². The Morgan fingerprint density at radius 3 is 2.64 bits per heavy atom. The number of carbonyl (C=O) groups excluding carboxylic acids is 1. The first kappa shape index (κ1) is 20.4. The van der Waals surface area contributed by atoms with Crippen molar-refractivity contribution in [1.82, 2.24) is 10.2 Å². The number of aliphatic hydroxyl groups is 1. The van der Waals surface area contributed by atoms with E-state index in [4.69, 9.17) is 0 Å². The van der Waals surface area contributed by atoms with Crippen LogP contribution >= 0.6 is 0 Å². The van der Waals surface area contributed by atoms with Crippen LogP contribution in [0.25, 0.3) is 0 Å². The number of β-amino-alcohol motifs (C(OH)–C–C–N with tert-alkyl or cyclic N) is 1. The van der Waals surface area contributed by atoms with E-state index in [0.29, 0.717) is 12.1 Å². The molecular formula is C23H31N3O2. The van der Waals surface area contributed by atoms with Gasteiger partial charge in [-0.15, -0.1) is 0 Å². The second kappa shape index (κ2) is 8.76. The third kappa shape index (κ3) is 5.81. The summed E-state index contributed by atoms with van der Waals surface area (Å²) in [6.07, 6.45) is 0.410. The monoisotopic (exact) mass is 381 g/mol. The quantitative estimate of drug-likeness (QED) is 0.720. The van der Waals surface area contributed by atoms with Gasteiger partial charge in [-0.05, 0) is 56.5 Å². The van der Waals surface area contributed by atoms with Gasteiger partial charge in [-0.2, -0.15) is 0 Å². The first-order chi connectivity index (χ1) is 13.3. The van der Waals surface area contributed by atoms with E-state index in [2.05, 4.69) is 60.6 Å². The first-order valence-electron chi connectivity index (χ1n) is 9.94. The van der Waals surface area contributed by atoms with E-state index in [-0.39, 0.29) is 18.0 Å². The number of fused-ring (bicyclic) bond motifs is 1. The summed E-state index contributed by atoms with van der Waals surface area (Å²) in [7, 11) is 0. The fraction of sp³-hybridized carbons (Fsp3) is 0.435. The molecule has 3 rings (SSSR count). The van der Waals surface area contributed by atoms with Crippen molar-refractivity contribution in [2.24, 2.45) is 0 Å². The van der Waals surface area contributed by atoms with Gasteiger partial charge in [0, 0.05) is 43.0 Å². The molecule has 1 atom stereocenters. The van der Waals surface area contributed by atoms with Crippen molar-refractivity contribution in [2.75, 3.05) is 25.0 Å². The number of hydrogen-bond donors (Lipinski definition) is 3. The van der Waals surface area contributed by atoms with Crippen LogP contribution in [-0.4, -0.2) is 47.2 Å². The fourth-order valence-electron chi connectivity index (χ4n) is 3.56. The van der Waals surface area contributed by atoms with Crippen LogP contribution in [0.5, 0.6) is 0 Å². The van der Waals surface area contributed by atoms with Crippen molar-refractivity contribution in [2.45, 2.75) is 45.4 Å². The Bertz CT molecular complexity index is 813. The molecule has 0 aromatic heterocycles. The number of benzene rings is 2. The third-order valence-corrected chi connectivity index (χ3v) is 4.82. The van der Waals surface area contributed by atoms with Crippen LogP contribution in [0.3, 0.4) is 0 Å². The average Bonchev–Trinajstić information content (AvgIpc) is 2.65. The van der Waals surface area contributed by atoms with E-state index in [1.54, 1.807) is 6.07 Å². The SMILES string of the molecule is CC(C)(C)Nc1cccc(C(=O)NCC(O)CN2CCc3ccccc3C2)c1. The van der Waals surface area contributed by atoms with Gasteiger partial charge in [-0.3, -0.25) is 9.69 Å². The fourth-order valence-corrected chi connectivity index (χ4v) is 3.56. The maximum Gasteiger partial charge on any atom is 0.251 e. The highest BCUT2D eigenvalue weighted by Crippen LogP contribution is 2.19. The molecule has 2 aromatic rings. The average molecular weight is 382 g/mol. The van der Waals surface area contributed by atoms with Crippen LogP contribution in [0.2, 0.25) is 0 Å². The third-order valence-electron chi connectivity index (χ3n) is 4.82. The Morgan fingerprint density at radius 2 is 1.89 bits per heavy atom. The van der Waals surface area contributed by atoms with Gasteiger partial charge in [-0.25, -0.2) is 0 Å². The molecule has 5 nitrogen and oxygen atoms in total. The molecule has 0 spiro atoms. The second-order valence-electron chi connectivity index (χ2n) is 8.57. The molecule has 150 valence electrons. The summed E-state index contributed by atoms with van der Waals surface area (Å²) in [6, 6.07) is 15.9. The Balaban J connectivity index is 1.49. The van der Waals surface area contributed by atoms with E-state index in [1.165, 1.54) is 11.1 Å². The van der Waals surface area contributed by atoms with Crippen molar-refractivity contribution < 1.29 is 9.90 Å². The Morgan fingerprint density at radius 1 is 1.14 bits per heavy atom. The molecule has 0 saturated heterocycles. The Labute approximate surface area is 167 Å². The zero-order valence-electron chi connectivity index (χ0n) is 17.0. The summed E-state index contributed by atoms with van der Waals surface area (Å²) in [5, 5.41) is 16.6. The molecule has 0 bridgehead atoms. The molecule has 0 aliphatic carbocycles. The molecule has 1 aliphatic rings. The van der Waals surface area contributed by atoms with Crippen molar-refractivity contribution in [1.29, 1.82) is 0 Å². The Hall–Kier alpha value is -2.37. The lowest BCUT2D eigenvalue weighted by Gasteiger charge is -2.30. The van der Waals surface area contributed by atoms with Crippen molar-refractivity contribution in [3.63, 3.8) is 0 Å². The van der Waals surface area contributed by atoms with Crippen molar-refractivity contribution in [3.8, 4) is 0 Å². The van der Waals surface area contributed by atoms with E-state index >= 15 is 0 Å². The van der Waals surface area contributed by atoms with Crippen LogP contribution in [0, 0.1) is 0 Å². The normalized spacial score (nSPS) is 15.6.